The minimum Gasteiger partial charge on any atom is -0.507 e. The van der Waals surface area contributed by atoms with E-state index in [-0.39, 0.29) is 17.9 Å². The van der Waals surface area contributed by atoms with Gasteiger partial charge in [-0.15, -0.1) is 10.2 Å². The number of phenols is 1. The molecule has 2 aliphatic heterocycles. The number of aromatic hydroxyl groups is 1. The third kappa shape index (κ3) is 3.11. The maximum Gasteiger partial charge on any atom is 0.233 e. The number of imidazole rings is 1. The largest absolute Gasteiger partial charge is 0.507 e. The standard InChI is InChI=1S/C22H24FN5O2/c1-22-12-16(9-15(27(22)2)11-20(22)23)30-21-6-5-18(25-26-21)17-4-3-14(10-19(17)29)28-8-7-24-13-28/h3-8,10,13,15-16,20,29H,9,11-12H2,1-2H3/t15?,16-,20-,22-/m0/s1. The van der Waals surface area contributed by atoms with E-state index in [1.165, 1.54) is 0 Å². The van der Waals surface area contributed by atoms with Crippen molar-refractivity contribution in [2.45, 2.75) is 50.0 Å². The lowest BCUT2D eigenvalue weighted by Crippen LogP contribution is -2.54. The molecule has 0 aliphatic carbocycles. The Morgan fingerprint density at radius 3 is 2.73 bits per heavy atom. The number of hydrogen-bond acceptors (Lipinski definition) is 6. The van der Waals surface area contributed by atoms with Crippen LogP contribution in [0.2, 0.25) is 0 Å². The molecule has 1 unspecified atom stereocenters. The highest BCUT2D eigenvalue weighted by molar-refractivity contribution is 5.68. The Morgan fingerprint density at radius 1 is 1.20 bits per heavy atom. The van der Waals surface area contributed by atoms with Crippen LogP contribution in [0.25, 0.3) is 16.9 Å². The van der Waals surface area contributed by atoms with Crippen molar-refractivity contribution in [1.82, 2.24) is 24.6 Å². The monoisotopic (exact) mass is 409 g/mol. The number of hydrogen-bond donors (Lipinski definition) is 1. The number of fused-ring (bicyclic) bond motifs is 2. The summed E-state index contributed by atoms with van der Waals surface area (Å²) < 4.78 is 22.3. The van der Waals surface area contributed by atoms with E-state index in [4.69, 9.17) is 4.74 Å². The van der Waals surface area contributed by atoms with Crippen LogP contribution < -0.4 is 4.74 Å². The van der Waals surface area contributed by atoms with Gasteiger partial charge < -0.3 is 14.4 Å². The maximum absolute atomic E-state index is 14.5. The van der Waals surface area contributed by atoms with Gasteiger partial charge in [-0.3, -0.25) is 4.90 Å². The number of phenolic OH excluding ortho intramolecular Hbond substituents is 1. The van der Waals surface area contributed by atoms with Crippen molar-refractivity contribution in [3.05, 3.63) is 49.1 Å². The van der Waals surface area contributed by atoms with Crippen molar-refractivity contribution in [2.75, 3.05) is 7.05 Å². The van der Waals surface area contributed by atoms with Crippen molar-refractivity contribution >= 4 is 0 Å². The zero-order valence-corrected chi connectivity index (χ0v) is 16.9. The first-order chi connectivity index (χ1) is 14.4. The van der Waals surface area contributed by atoms with Gasteiger partial charge in [0, 0.05) is 49.0 Å². The van der Waals surface area contributed by atoms with Gasteiger partial charge in [-0.2, -0.15) is 0 Å². The number of aromatic nitrogens is 4. The Hall–Kier alpha value is -3.00. The molecule has 0 spiro atoms. The molecular weight excluding hydrogens is 385 g/mol. The van der Waals surface area contributed by atoms with Gasteiger partial charge in [0.25, 0.3) is 0 Å². The third-order valence-electron chi connectivity index (χ3n) is 6.67. The normalized spacial score (nSPS) is 28.6. The molecule has 2 aromatic heterocycles. The summed E-state index contributed by atoms with van der Waals surface area (Å²) in [6, 6.07) is 9.06. The van der Waals surface area contributed by atoms with Crippen molar-refractivity contribution in [3.63, 3.8) is 0 Å². The number of ether oxygens (including phenoxy) is 1. The highest BCUT2D eigenvalue weighted by Gasteiger charge is 2.54. The van der Waals surface area contributed by atoms with Crippen molar-refractivity contribution in [2.24, 2.45) is 0 Å². The molecule has 7 nitrogen and oxygen atoms in total. The van der Waals surface area contributed by atoms with Gasteiger partial charge in [0.1, 0.15) is 18.0 Å². The Balaban J connectivity index is 1.31. The van der Waals surface area contributed by atoms with Crippen molar-refractivity contribution < 1.29 is 14.2 Å². The van der Waals surface area contributed by atoms with Gasteiger partial charge >= 0.3 is 0 Å². The molecule has 3 aromatic rings. The molecule has 30 heavy (non-hydrogen) atoms. The van der Waals surface area contributed by atoms with Crippen LogP contribution in [0.5, 0.6) is 11.6 Å². The highest BCUT2D eigenvalue weighted by atomic mass is 19.1. The summed E-state index contributed by atoms with van der Waals surface area (Å²) in [5.41, 5.74) is 1.46. The Labute approximate surface area is 174 Å². The van der Waals surface area contributed by atoms with Gasteiger partial charge in [-0.1, -0.05) is 0 Å². The summed E-state index contributed by atoms with van der Waals surface area (Å²) in [6.07, 6.45) is 6.21. The van der Waals surface area contributed by atoms with E-state index < -0.39 is 11.7 Å². The van der Waals surface area contributed by atoms with Gasteiger partial charge in [-0.25, -0.2) is 9.37 Å². The van der Waals surface area contributed by atoms with E-state index in [0.717, 1.165) is 12.1 Å². The van der Waals surface area contributed by atoms with Gasteiger partial charge in [0.2, 0.25) is 5.88 Å². The number of benzene rings is 1. The molecule has 4 atom stereocenters. The van der Waals surface area contributed by atoms with Crippen LogP contribution in [0.3, 0.4) is 0 Å². The minimum absolute atomic E-state index is 0.0834. The smallest absolute Gasteiger partial charge is 0.233 e. The SMILES string of the molecule is CN1C2C[C@H](Oc3ccc(-c4ccc(-n5ccnc5)cc4O)nn3)C[C@@]1(C)[C@@H](F)C2. The molecule has 156 valence electrons. The summed E-state index contributed by atoms with van der Waals surface area (Å²) in [7, 11) is 2.00. The molecule has 2 saturated heterocycles. The number of nitrogens with zero attached hydrogens (tertiary/aromatic N) is 5. The van der Waals surface area contributed by atoms with E-state index >= 15 is 0 Å². The topological polar surface area (TPSA) is 76.3 Å². The Bertz CT molecular complexity index is 1040. The molecule has 0 amide bonds. The van der Waals surface area contributed by atoms with E-state index in [2.05, 4.69) is 20.1 Å². The van der Waals surface area contributed by atoms with E-state index in [0.29, 0.717) is 30.0 Å². The van der Waals surface area contributed by atoms with Crippen LogP contribution in [0, 0.1) is 0 Å². The van der Waals surface area contributed by atoms with Gasteiger partial charge in [0.15, 0.2) is 0 Å². The Kier molecular flexibility index (Phi) is 4.47. The molecule has 1 N–H and O–H groups in total. The van der Waals surface area contributed by atoms with Crippen LogP contribution >= 0.6 is 0 Å². The zero-order valence-electron chi connectivity index (χ0n) is 16.9. The highest BCUT2D eigenvalue weighted by Crippen LogP contribution is 2.45. The van der Waals surface area contributed by atoms with Crippen LogP contribution in [0.1, 0.15) is 26.2 Å². The maximum atomic E-state index is 14.5. The lowest BCUT2D eigenvalue weighted by Gasteiger charge is -2.43. The lowest BCUT2D eigenvalue weighted by atomic mass is 9.88. The van der Waals surface area contributed by atoms with Crippen molar-refractivity contribution in [3.8, 4) is 28.6 Å². The average molecular weight is 409 g/mol. The first-order valence-corrected chi connectivity index (χ1v) is 10.1. The second-order valence-electron chi connectivity index (χ2n) is 8.43. The average Bonchev–Trinajstić information content (AvgIpc) is 3.30. The fourth-order valence-corrected chi connectivity index (χ4v) is 4.76. The summed E-state index contributed by atoms with van der Waals surface area (Å²) in [5, 5.41) is 18.9. The second kappa shape index (κ2) is 7.05. The summed E-state index contributed by atoms with van der Waals surface area (Å²) >= 11 is 0. The molecule has 0 radical (unpaired) electrons. The molecule has 2 fully saturated rings. The predicted octanol–water partition coefficient (Wildman–Crippen LogP) is 3.38. The minimum atomic E-state index is -0.831. The predicted molar refractivity (Wildman–Crippen MR) is 109 cm³/mol. The number of halogens is 1. The van der Waals surface area contributed by atoms with Crippen LogP contribution in [-0.4, -0.2) is 60.7 Å². The summed E-state index contributed by atoms with van der Waals surface area (Å²) in [6.45, 7) is 1.97. The molecule has 8 heteroatoms. The van der Waals surface area contributed by atoms with Crippen LogP contribution in [0.15, 0.2) is 49.1 Å². The Morgan fingerprint density at radius 2 is 2.07 bits per heavy atom. The van der Waals surface area contributed by atoms with E-state index in [9.17, 15) is 9.50 Å². The number of alkyl halides is 1. The molecule has 5 rings (SSSR count). The first kappa shape index (κ1) is 19.0. The van der Waals surface area contributed by atoms with E-state index in [1.807, 2.05) is 24.6 Å². The fraction of sp³-hybridized carbons (Fsp3) is 0.409. The molecule has 1 aromatic carbocycles. The first-order valence-electron chi connectivity index (χ1n) is 10.1. The molecule has 2 aliphatic rings. The second-order valence-corrected chi connectivity index (χ2v) is 8.43. The van der Waals surface area contributed by atoms with Crippen LogP contribution in [-0.2, 0) is 0 Å². The molecule has 4 heterocycles. The van der Waals surface area contributed by atoms with Gasteiger partial charge in [-0.05, 0) is 38.6 Å². The zero-order chi connectivity index (χ0) is 20.9. The van der Waals surface area contributed by atoms with Crippen molar-refractivity contribution in [1.29, 1.82) is 0 Å². The van der Waals surface area contributed by atoms with Gasteiger partial charge in [0.05, 0.1) is 23.2 Å². The summed E-state index contributed by atoms with van der Waals surface area (Å²) in [4.78, 5) is 6.17. The third-order valence-corrected chi connectivity index (χ3v) is 6.67. The molecule has 0 saturated carbocycles. The summed E-state index contributed by atoms with van der Waals surface area (Å²) in [5.74, 6) is 0.527. The quantitative estimate of drug-likeness (QED) is 0.712. The van der Waals surface area contributed by atoms with E-state index in [1.54, 1.807) is 43.0 Å². The van der Waals surface area contributed by atoms with Crippen LogP contribution in [0.4, 0.5) is 4.39 Å². The fourth-order valence-electron chi connectivity index (χ4n) is 4.76. The molecule has 2 bridgehead atoms. The molecular formula is C22H24FN5O2. The lowest BCUT2D eigenvalue weighted by molar-refractivity contribution is -0.00356. The number of rotatable bonds is 4. The number of piperidine rings is 1.